The average molecular weight is 344 g/mol. The van der Waals surface area contributed by atoms with Crippen molar-refractivity contribution in [1.29, 1.82) is 0 Å². The summed E-state index contributed by atoms with van der Waals surface area (Å²) < 4.78 is 3.32. The van der Waals surface area contributed by atoms with Crippen molar-refractivity contribution in [2.75, 3.05) is 5.32 Å². The molecule has 2 aromatic carbocycles. The van der Waals surface area contributed by atoms with Crippen LogP contribution in [0.4, 0.5) is 5.69 Å². The summed E-state index contributed by atoms with van der Waals surface area (Å²) in [5, 5.41) is 3.47. The first-order valence-corrected chi connectivity index (χ1v) is 7.76. The third-order valence-corrected chi connectivity index (χ3v) is 5.02. The number of fused-ring (bicyclic) bond motifs is 1. The van der Waals surface area contributed by atoms with Crippen LogP contribution in [0.15, 0.2) is 40.9 Å². The van der Waals surface area contributed by atoms with Gasteiger partial charge in [-0.15, -0.1) is 0 Å². The quantitative estimate of drug-likeness (QED) is 0.755. The molecule has 0 radical (unpaired) electrons. The van der Waals surface area contributed by atoms with E-state index in [0.717, 1.165) is 22.5 Å². The van der Waals surface area contributed by atoms with Crippen molar-refractivity contribution < 1.29 is 0 Å². The van der Waals surface area contributed by atoms with E-state index in [1.54, 1.807) is 0 Å². The van der Waals surface area contributed by atoms with Gasteiger partial charge in [-0.3, -0.25) is 0 Å². The van der Waals surface area contributed by atoms with Crippen molar-refractivity contribution in [3.8, 4) is 0 Å². The summed E-state index contributed by atoms with van der Waals surface area (Å²) in [5.74, 6) is 1.04. The van der Waals surface area contributed by atoms with E-state index < -0.39 is 0 Å². The minimum Gasteiger partial charge on any atom is -0.378 e. The minimum absolute atomic E-state index is 0.714. The number of aromatic nitrogens is 2. The van der Waals surface area contributed by atoms with Crippen molar-refractivity contribution in [2.24, 2.45) is 7.05 Å². The van der Waals surface area contributed by atoms with Gasteiger partial charge < -0.3 is 9.88 Å². The maximum absolute atomic E-state index is 4.68. The van der Waals surface area contributed by atoms with Gasteiger partial charge in [0.1, 0.15) is 5.82 Å². The van der Waals surface area contributed by atoms with Crippen molar-refractivity contribution in [1.82, 2.24) is 9.55 Å². The maximum Gasteiger partial charge on any atom is 0.128 e. The van der Waals surface area contributed by atoms with E-state index in [4.69, 9.17) is 0 Å². The normalized spacial score (nSPS) is 11.0. The number of anilines is 1. The first-order chi connectivity index (χ1) is 10.1. The van der Waals surface area contributed by atoms with Crippen molar-refractivity contribution in [3.05, 3.63) is 57.8 Å². The van der Waals surface area contributed by atoms with Gasteiger partial charge in [-0.2, -0.15) is 0 Å². The molecule has 1 aromatic heterocycles. The number of halogens is 1. The van der Waals surface area contributed by atoms with Crippen LogP contribution >= 0.6 is 15.9 Å². The minimum atomic E-state index is 0.714. The van der Waals surface area contributed by atoms with Gasteiger partial charge in [-0.1, -0.05) is 28.1 Å². The number of nitrogens with one attached hydrogen (secondary N) is 1. The van der Waals surface area contributed by atoms with Gasteiger partial charge in [0.05, 0.1) is 17.6 Å². The largest absolute Gasteiger partial charge is 0.378 e. The monoisotopic (exact) mass is 343 g/mol. The molecule has 0 aliphatic rings. The molecule has 0 aliphatic heterocycles. The Morgan fingerprint density at radius 1 is 1.14 bits per heavy atom. The zero-order valence-electron chi connectivity index (χ0n) is 12.4. The molecule has 1 heterocycles. The van der Waals surface area contributed by atoms with Gasteiger partial charge in [0, 0.05) is 17.2 Å². The molecule has 0 atom stereocenters. The number of para-hydroxylation sites is 2. The van der Waals surface area contributed by atoms with Gasteiger partial charge in [0.2, 0.25) is 0 Å². The Kier molecular flexibility index (Phi) is 3.72. The highest BCUT2D eigenvalue weighted by Crippen LogP contribution is 2.25. The molecule has 3 rings (SSSR count). The van der Waals surface area contributed by atoms with Gasteiger partial charge in [0.25, 0.3) is 0 Å². The second-order valence-electron chi connectivity index (χ2n) is 5.35. The number of hydrogen-bond donors (Lipinski definition) is 1. The van der Waals surface area contributed by atoms with E-state index in [9.17, 15) is 0 Å². The number of aryl methyl sites for hydroxylation is 3. The molecule has 3 nitrogen and oxygen atoms in total. The summed E-state index contributed by atoms with van der Waals surface area (Å²) in [5.41, 5.74) is 5.81. The van der Waals surface area contributed by atoms with Crippen LogP contribution in [0.2, 0.25) is 0 Å². The highest BCUT2D eigenvalue weighted by molar-refractivity contribution is 9.10. The topological polar surface area (TPSA) is 29.9 Å². The summed E-state index contributed by atoms with van der Waals surface area (Å²) in [7, 11) is 2.06. The van der Waals surface area contributed by atoms with Crippen LogP contribution in [0, 0.1) is 13.8 Å². The first kappa shape index (κ1) is 14.1. The predicted octanol–water partition coefficient (Wildman–Crippen LogP) is 4.56. The Morgan fingerprint density at radius 3 is 2.48 bits per heavy atom. The molecule has 0 saturated carbocycles. The molecule has 0 unspecified atom stereocenters. The van der Waals surface area contributed by atoms with Crippen LogP contribution in [0.5, 0.6) is 0 Å². The Bertz CT molecular complexity index is 782. The fraction of sp³-hybridized carbons (Fsp3) is 0.235. The van der Waals surface area contributed by atoms with Crippen LogP contribution in [-0.4, -0.2) is 9.55 Å². The molecule has 0 fully saturated rings. The Balaban J connectivity index is 1.85. The zero-order valence-corrected chi connectivity index (χ0v) is 14.0. The Hall–Kier alpha value is -1.81. The van der Waals surface area contributed by atoms with Gasteiger partial charge in [-0.05, 0) is 49.2 Å². The van der Waals surface area contributed by atoms with Crippen molar-refractivity contribution in [2.45, 2.75) is 20.4 Å². The lowest BCUT2D eigenvalue weighted by atomic mass is 10.1. The van der Waals surface area contributed by atoms with Crippen LogP contribution in [0.1, 0.15) is 17.0 Å². The molecular formula is C17H18BrN3. The second-order valence-corrected chi connectivity index (χ2v) is 6.15. The number of hydrogen-bond acceptors (Lipinski definition) is 2. The van der Waals surface area contributed by atoms with Crippen LogP contribution in [0.25, 0.3) is 11.0 Å². The van der Waals surface area contributed by atoms with E-state index in [1.807, 2.05) is 18.2 Å². The van der Waals surface area contributed by atoms with Gasteiger partial charge >= 0.3 is 0 Å². The van der Waals surface area contributed by atoms with Crippen molar-refractivity contribution >= 4 is 32.7 Å². The molecule has 3 aromatic rings. The molecule has 108 valence electrons. The number of benzene rings is 2. The first-order valence-electron chi connectivity index (χ1n) is 6.97. The molecule has 0 amide bonds. The van der Waals surface area contributed by atoms with Gasteiger partial charge in [-0.25, -0.2) is 4.98 Å². The lowest BCUT2D eigenvalue weighted by Crippen LogP contribution is -2.06. The fourth-order valence-electron chi connectivity index (χ4n) is 2.58. The smallest absolute Gasteiger partial charge is 0.128 e. The van der Waals surface area contributed by atoms with E-state index in [0.29, 0.717) is 6.54 Å². The Morgan fingerprint density at radius 2 is 1.81 bits per heavy atom. The summed E-state index contributed by atoms with van der Waals surface area (Å²) in [6, 6.07) is 12.5. The zero-order chi connectivity index (χ0) is 15.0. The van der Waals surface area contributed by atoms with Crippen LogP contribution in [-0.2, 0) is 13.6 Å². The molecule has 0 spiro atoms. The number of rotatable bonds is 3. The predicted molar refractivity (Wildman–Crippen MR) is 91.7 cm³/mol. The van der Waals surface area contributed by atoms with E-state index in [1.165, 1.54) is 15.6 Å². The highest BCUT2D eigenvalue weighted by Gasteiger charge is 2.07. The Labute approximate surface area is 133 Å². The second kappa shape index (κ2) is 5.53. The standard InChI is InChI=1S/C17H18BrN3/c1-11-8-13(9-12(2)17(11)18)19-10-16-20-14-6-4-5-7-15(14)21(16)3/h4-9,19H,10H2,1-3H3. The van der Waals surface area contributed by atoms with E-state index >= 15 is 0 Å². The lowest BCUT2D eigenvalue weighted by Gasteiger charge is -2.10. The molecule has 0 bridgehead atoms. The molecule has 1 N–H and O–H groups in total. The summed E-state index contributed by atoms with van der Waals surface area (Å²) in [6.07, 6.45) is 0. The third-order valence-electron chi connectivity index (χ3n) is 3.77. The van der Waals surface area contributed by atoms with Crippen molar-refractivity contribution in [3.63, 3.8) is 0 Å². The lowest BCUT2D eigenvalue weighted by molar-refractivity contribution is 0.834. The van der Waals surface area contributed by atoms with E-state index in [2.05, 4.69) is 69.9 Å². The third kappa shape index (κ3) is 2.68. The highest BCUT2D eigenvalue weighted by atomic mass is 79.9. The van der Waals surface area contributed by atoms with Crippen LogP contribution in [0.3, 0.4) is 0 Å². The van der Waals surface area contributed by atoms with Crippen LogP contribution < -0.4 is 5.32 Å². The maximum atomic E-state index is 4.68. The van der Waals surface area contributed by atoms with E-state index in [-0.39, 0.29) is 0 Å². The summed E-state index contributed by atoms with van der Waals surface area (Å²) in [6.45, 7) is 4.93. The molecule has 4 heteroatoms. The number of imidazole rings is 1. The number of nitrogens with zero attached hydrogens (tertiary/aromatic N) is 2. The fourth-order valence-corrected chi connectivity index (χ4v) is 2.81. The molecule has 0 saturated heterocycles. The summed E-state index contributed by atoms with van der Waals surface area (Å²) >= 11 is 3.60. The summed E-state index contributed by atoms with van der Waals surface area (Å²) in [4.78, 5) is 4.68. The SMILES string of the molecule is Cc1cc(NCc2nc3ccccc3n2C)cc(C)c1Br. The average Bonchev–Trinajstić information content (AvgIpc) is 2.79. The molecule has 0 aliphatic carbocycles. The van der Waals surface area contributed by atoms with Gasteiger partial charge in [0.15, 0.2) is 0 Å². The molecular weight excluding hydrogens is 326 g/mol. The molecule has 21 heavy (non-hydrogen) atoms.